The summed E-state index contributed by atoms with van der Waals surface area (Å²) in [7, 11) is 1.37. The molecule has 0 unspecified atom stereocenters. The molecule has 1 heterocycles. The first-order valence-corrected chi connectivity index (χ1v) is 10.9. The number of ether oxygens (including phenoxy) is 2. The van der Waals surface area contributed by atoms with Crippen LogP contribution in [0.5, 0.6) is 5.75 Å². The van der Waals surface area contributed by atoms with Crippen molar-refractivity contribution < 1.29 is 19.4 Å². The van der Waals surface area contributed by atoms with Gasteiger partial charge in [0, 0.05) is 13.1 Å². The van der Waals surface area contributed by atoms with Crippen LogP contribution in [-0.2, 0) is 11.2 Å². The van der Waals surface area contributed by atoms with Crippen LogP contribution in [-0.4, -0.2) is 54.9 Å². The van der Waals surface area contributed by atoms with E-state index in [1.807, 2.05) is 6.07 Å². The highest BCUT2D eigenvalue weighted by Crippen LogP contribution is 2.38. The molecule has 5 nitrogen and oxygen atoms in total. The lowest BCUT2D eigenvalue weighted by Crippen LogP contribution is -2.42. The molecule has 0 spiro atoms. The van der Waals surface area contributed by atoms with E-state index in [0.29, 0.717) is 23.1 Å². The van der Waals surface area contributed by atoms with Crippen LogP contribution in [0, 0.1) is 11.8 Å². The van der Waals surface area contributed by atoms with Crippen LogP contribution in [0.2, 0.25) is 0 Å². The Morgan fingerprint density at radius 3 is 2.50 bits per heavy atom. The van der Waals surface area contributed by atoms with Crippen LogP contribution in [0.15, 0.2) is 54.6 Å². The van der Waals surface area contributed by atoms with Crippen molar-refractivity contribution in [3.05, 3.63) is 65.7 Å². The third-order valence-electron chi connectivity index (χ3n) is 6.51. The summed E-state index contributed by atoms with van der Waals surface area (Å²) in [6, 6.07) is 17.7. The molecule has 0 radical (unpaired) electrons. The zero-order chi connectivity index (χ0) is 20.9. The van der Waals surface area contributed by atoms with Crippen molar-refractivity contribution in [1.82, 2.24) is 4.90 Å². The highest BCUT2D eigenvalue weighted by Gasteiger charge is 2.42. The number of likely N-dealkylation sites (tertiary alicyclic amines) is 1. The number of carbonyl (C=O) groups is 1. The summed E-state index contributed by atoms with van der Waals surface area (Å²) in [5.74, 6) is 1.12. The molecule has 0 aromatic heterocycles. The SMILES string of the molecule is COC(=O)c1ccccc1O[C@@H]1C[C@@H]2CN(CCCc3ccccc3)C[C@@H]2C[C@H]1O. The Balaban J connectivity index is 1.32. The number of rotatable bonds is 7. The fourth-order valence-corrected chi connectivity index (χ4v) is 4.96. The normalized spacial score (nSPS) is 26.2. The summed E-state index contributed by atoms with van der Waals surface area (Å²) in [6.07, 6.45) is 3.02. The maximum atomic E-state index is 12.0. The maximum absolute atomic E-state index is 12.0. The predicted molar refractivity (Wildman–Crippen MR) is 116 cm³/mol. The monoisotopic (exact) mass is 409 g/mol. The van der Waals surface area contributed by atoms with Gasteiger partial charge >= 0.3 is 5.97 Å². The van der Waals surface area contributed by atoms with E-state index in [4.69, 9.17) is 9.47 Å². The predicted octanol–water partition coefficient (Wildman–Crippen LogP) is 3.56. The van der Waals surface area contributed by atoms with Gasteiger partial charge in [-0.05, 0) is 61.8 Å². The van der Waals surface area contributed by atoms with Gasteiger partial charge < -0.3 is 19.5 Å². The number of aryl methyl sites for hydroxylation is 1. The average Bonchev–Trinajstić information content (AvgIpc) is 3.16. The van der Waals surface area contributed by atoms with Crippen LogP contribution in [0.3, 0.4) is 0 Å². The summed E-state index contributed by atoms with van der Waals surface area (Å²) in [6.45, 7) is 3.21. The summed E-state index contributed by atoms with van der Waals surface area (Å²) < 4.78 is 11.0. The number of methoxy groups -OCH3 is 1. The second kappa shape index (κ2) is 9.63. The lowest BCUT2D eigenvalue weighted by atomic mass is 9.78. The van der Waals surface area contributed by atoms with Gasteiger partial charge in [-0.3, -0.25) is 0 Å². The van der Waals surface area contributed by atoms with Gasteiger partial charge in [0.2, 0.25) is 0 Å². The van der Waals surface area contributed by atoms with E-state index in [1.54, 1.807) is 18.2 Å². The third kappa shape index (κ3) is 4.85. The fraction of sp³-hybridized carbons (Fsp3) is 0.480. The molecule has 1 saturated heterocycles. The zero-order valence-electron chi connectivity index (χ0n) is 17.6. The number of nitrogens with zero attached hydrogens (tertiary/aromatic N) is 1. The molecule has 1 aliphatic heterocycles. The Labute approximate surface area is 178 Å². The number of fused-ring (bicyclic) bond motifs is 1. The van der Waals surface area contributed by atoms with Crippen molar-refractivity contribution in [2.45, 2.75) is 37.9 Å². The molecular weight excluding hydrogens is 378 g/mol. The quantitative estimate of drug-likeness (QED) is 0.709. The number of aliphatic hydroxyl groups excluding tert-OH is 1. The van der Waals surface area contributed by atoms with Gasteiger partial charge in [-0.15, -0.1) is 0 Å². The van der Waals surface area contributed by atoms with E-state index in [9.17, 15) is 9.90 Å². The molecule has 1 N–H and O–H groups in total. The third-order valence-corrected chi connectivity index (χ3v) is 6.51. The summed E-state index contributed by atoms with van der Waals surface area (Å²) in [5.41, 5.74) is 1.80. The highest BCUT2D eigenvalue weighted by atomic mass is 16.5. The molecule has 0 amide bonds. The first-order chi connectivity index (χ1) is 14.6. The molecule has 4 atom stereocenters. The van der Waals surface area contributed by atoms with Crippen molar-refractivity contribution in [3.63, 3.8) is 0 Å². The van der Waals surface area contributed by atoms with E-state index >= 15 is 0 Å². The van der Waals surface area contributed by atoms with Gasteiger partial charge in [0.05, 0.1) is 13.2 Å². The molecule has 2 aromatic rings. The first-order valence-electron chi connectivity index (χ1n) is 10.9. The van der Waals surface area contributed by atoms with Gasteiger partial charge in [-0.1, -0.05) is 42.5 Å². The number of esters is 1. The van der Waals surface area contributed by atoms with Crippen molar-refractivity contribution in [2.75, 3.05) is 26.7 Å². The van der Waals surface area contributed by atoms with Crippen LogP contribution in [0.4, 0.5) is 0 Å². The molecule has 5 heteroatoms. The van der Waals surface area contributed by atoms with E-state index < -0.39 is 12.1 Å². The molecule has 2 aromatic carbocycles. The molecule has 1 saturated carbocycles. The van der Waals surface area contributed by atoms with E-state index in [2.05, 4.69) is 35.2 Å². The first kappa shape index (κ1) is 20.9. The molecular formula is C25H31NO4. The summed E-state index contributed by atoms with van der Waals surface area (Å²) in [4.78, 5) is 14.6. The average molecular weight is 410 g/mol. The Kier molecular flexibility index (Phi) is 6.70. The van der Waals surface area contributed by atoms with E-state index in [0.717, 1.165) is 45.3 Å². The molecule has 160 valence electrons. The zero-order valence-corrected chi connectivity index (χ0v) is 17.6. The minimum absolute atomic E-state index is 0.290. The smallest absolute Gasteiger partial charge is 0.341 e. The number of hydrogen-bond acceptors (Lipinski definition) is 5. The number of para-hydroxylation sites is 1. The van der Waals surface area contributed by atoms with E-state index in [1.165, 1.54) is 12.7 Å². The van der Waals surface area contributed by atoms with Gasteiger partial charge in [0.15, 0.2) is 0 Å². The van der Waals surface area contributed by atoms with Gasteiger partial charge in [-0.25, -0.2) is 4.79 Å². The minimum Gasteiger partial charge on any atom is -0.487 e. The van der Waals surface area contributed by atoms with Gasteiger partial charge in [-0.2, -0.15) is 0 Å². The molecule has 30 heavy (non-hydrogen) atoms. The standard InChI is InChI=1S/C25H31NO4/c1-29-25(28)21-11-5-6-12-23(21)30-24-15-20-17-26(16-19(20)14-22(24)27)13-7-10-18-8-3-2-4-9-18/h2-6,8-9,11-12,19-20,22,24,27H,7,10,13-17H2,1H3/t19-,20+,22+,24+/m0/s1. The Morgan fingerprint density at radius 2 is 1.73 bits per heavy atom. The van der Waals surface area contributed by atoms with Crippen LogP contribution in [0.1, 0.15) is 35.2 Å². The maximum Gasteiger partial charge on any atom is 0.341 e. The van der Waals surface area contributed by atoms with Gasteiger partial charge in [0.1, 0.15) is 17.4 Å². The number of aliphatic hydroxyl groups is 1. The minimum atomic E-state index is -0.513. The van der Waals surface area contributed by atoms with Crippen molar-refractivity contribution in [2.24, 2.45) is 11.8 Å². The molecule has 1 aliphatic carbocycles. The number of hydrogen-bond donors (Lipinski definition) is 1. The molecule has 2 aliphatic rings. The van der Waals surface area contributed by atoms with Crippen molar-refractivity contribution in [1.29, 1.82) is 0 Å². The van der Waals surface area contributed by atoms with Gasteiger partial charge in [0.25, 0.3) is 0 Å². The highest BCUT2D eigenvalue weighted by molar-refractivity contribution is 5.92. The van der Waals surface area contributed by atoms with Crippen LogP contribution < -0.4 is 4.74 Å². The molecule has 2 fully saturated rings. The number of benzene rings is 2. The summed E-state index contributed by atoms with van der Waals surface area (Å²) in [5, 5.41) is 10.7. The summed E-state index contributed by atoms with van der Waals surface area (Å²) >= 11 is 0. The lowest BCUT2D eigenvalue weighted by Gasteiger charge is -2.35. The van der Waals surface area contributed by atoms with Crippen LogP contribution in [0.25, 0.3) is 0 Å². The Morgan fingerprint density at radius 1 is 1.03 bits per heavy atom. The Hall–Kier alpha value is -2.37. The largest absolute Gasteiger partial charge is 0.487 e. The second-order valence-corrected chi connectivity index (χ2v) is 8.55. The van der Waals surface area contributed by atoms with Crippen molar-refractivity contribution >= 4 is 5.97 Å². The lowest BCUT2D eigenvalue weighted by molar-refractivity contribution is -0.0237. The molecule has 0 bridgehead atoms. The van der Waals surface area contributed by atoms with E-state index in [-0.39, 0.29) is 6.10 Å². The van der Waals surface area contributed by atoms with Crippen molar-refractivity contribution in [3.8, 4) is 5.75 Å². The van der Waals surface area contributed by atoms with Crippen LogP contribution >= 0.6 is 0 Å². The second-order valence-electron chi connectivity index (χ2n) is 8.55. The molecule has 4 rings (SSSR count). The fourth-order valence-electron chi connectivity index (χ4n) is 4.96. The topological polar surface area (TPSA) is 59.0 Å². The number of carbonyl (C=O) groups excluding carboxylic acids is 1. The Bertz CT molecular complexity index is 840.